The van der Waals surface area contributed by atoms with Crippen LogP contribution in [0.15, 0.2) is 36.4 Å². The van der Waals surface area contributed by atoms with Gasteiger partial charge in [0.2, 0.25) is 5.82 Å². The molecular weight excluding hydrogens is 537 g/mol. The van der Waals surface area contributed by atoms with E-state index in [4.69, 9.17) is 4.74 Å². The van der Waals surface area contributed by atoms with Crippen molar-refractivity contribution in [1.29, 1.82) is 0 Å². The Balaban J connectivity index is 1.69. The normalized spacial score (nSPS) is 15.1. The lowest BCUT2D eigenvalue weighted by atomic mass is 9.98. The van der Waals surface area contributed by atoms with Crippen LogP contribution in [0.5, 0.6) is 11.5 Å². The van der Waals surface area contributed by atoms with Crippen LogP contribution in [0.3, 0.4) is 0 Å². The minimum absolute atomic E-state index is 0.0249. The summed E-state index contributed by atoms with van der Waals surface area (Å²) in [4.78, 5) is 17.7. The number of carbonyl (C=O) groups is 1. The minimum atomic E-state index is -4.59. The highest BCUT2D eigenvalue weighted by atomic mass is 19.4. The molecule has 1 aliphatic heterocycles. The molecule has 1 aromatic heterocycles. The quantitative estimate of drug-likeness (QED) is 0.386. The predicted octanol–water partition coefficient (Wildman–Crippen LogP) is 4.59. The molecule has 0 bridgehead atoms. The number of halogens is 3. The third kappa shape index (κ3) is 7.17. The van der Waals surface area contributed by atoms with Crippen LogP contribution in [0.25, 0.3) is 17.1 Å². The van der Waals surface area contributed by atoms with E-state index in [1.807, 2.05) is 31.3 Å². The van der Waals surface area contributed by atoms with Crippen LogP contribution in [0.1, 0.15) is 55.4 Å². The Morgan fingerprint density at radius 3 is 2.27 bits per heavy atom. The molecule has 3 aromatic rings. The molecule has 4 rings (SSSR count). The number of phenols is 1. The summed E-state index contributed by atoms with van der Waals surface area (Å²) in [5.41, 5.74) is 2.57. The van der Waals surface area contributed by atoms with Gasteiger partial charge in [-0.05, 0) is 49.1 Å². The van der Waals surface area contributed by atoms with E-state index in [9.17, 15) is 23.1 Å². The van der Waals surface area contributed by atoms with Gasteiger partial charge in [0, 0.05) is 50.5 Å². The molecule has 1 amide bonds. The molecule has 1 fully saturated rings. The number of aromatic nitrogens is 3. The van der Waals surface area contributed by atoms with E-state index in [0.717, 1.165) is 43.9 Å². The molecule has 0 atom stereocenters. The van der Waals surface area contributed by atoms with Crippen molar-refractivity contribution < 1.29 is 27.8 Å². The van der Waals surface area contributed by atoms with Crippen LogP contribution in [0.2, 0.25) is 0 Å². The summed E-state index contributed by atoms with van der Waals surface area (Å²) in [7, 11) is 1.50. The number of aromatic hydroxyl groups is 1. The van der Waals surface area contributed by atoms with Crippen molar-refractivity contribution in [3.8, 4) is 28.6 Å². The average molecular weight is 575 g/mol. The van der Waals surface area contributed by atoms with Crippen molar-refractivity contribution in [3.05, 3.63) is 53.3 Å². The first-order valence-electron chi connectivity index (χ1n) is 13.6. The summed E-state index contributed by atoms with van der Waals surface area (Å²) in [6.07, 6.45) is -4.59. The molecule has 0 saturated carbocycles. The van der Waals surface area contributed by atoms with Crippen LogP contribution >= 0.6 is 0 Å². The molecular formula is C29H37F3N6O3. The van der Waals surface area contributed by atoms with Gasteiger partial charge < -0.3 is 15.2 Å². The Morgan fingerprint density at radius 2 is 1.71 bits per heavy atom. The fraction of sp³-hybridized carbons (Fsp3) is 0.483. The number of phenolic OH excluding ortho intramolecular Hbond substituents is 1. The fourth-order valence-corrected chi connectivity index (χ4v) is 4.95. The SMILES string of the molecule is COc1cc(O)c(-c2nnc(C(=O)NCC(F)(F)F)n2-c2ccc(CN3CCN(C(C)C)CC3)cc2)cc1C(C)C. The summed E-state index contributed by atoms with van der Waals surface area (Å²) in [6.45, 7) is 11.4. The molecule has 0 aliphatic carbocycles. The minimum Gasteiger partial charge on any atom is -0.507 e. The largest absolute Gasteiger partial charge is 0.507 e. The molecule has 2 aromatic carbocycles. The van der Waals surface area contributed by atoms with Gasteiger partial charge in [0.25, 0.3) is 5.91 Å². The van der Waals surface area contributed by atoms with Crippen molar-refractivity contribution in [2.75, 3.05) is 39.8 Å². The van der Waals surface area contributed by atoms with Gasteiger partial charge in [0.15, 0.2) is 5.82 Å². The number of rotatable bonds is 9. The number of alkyl halides is 3. The number of methoxy groups -OCH3 is 1. The number of hydrogen-bond acceptors (Lipinski definition) is 7. The van der Waals surface area contributed by atoms with Crippen molar-refractivity contribution >= 4 is 5.91 Å². The number of piperazine rings is 1. The molecule has 0 unspecified atom stereocenters. The third-order valence-corrected chi connectivity index (χ3v) is 7.26. The summed E-state index contributed by atoms with van der Waals surface area (Å²) >= 11 is 0. The number of nitrogens with zero attached hydrogens (tertiary/aromatic N) is 5. The first-order chi connectivity index (χ1) is 19.4. The maximum atomic E-state index is 12.9. The number of carbonyl (C=O) groups excluding carboxylic acids is 1. The van der Waals surface area contributed by atoms with Crippen molar-refractivity contribution in [1.82, 2.24) is 29.9 Å². The van der Waals surface area contributed by atoms with Crippen LogP contribution in [0, 0.1) is 0 Å². The zero-order valence-electron chi connectivity index (χ0n) is 24.0. The summed E-state index contributed by atoms with van der Waals surface area (Å²) in [5, 5.41) is 20.8. The number of amides is 1. The number of benzene rings is 2. The Hall–Kier alpha value is -3.64. The lowest BCUT2D eigenvalue weighted by molar-refractivity contribution is -0.123. The Bertz CT molecular complexity index is 1350. The molecule has 0 spiro atoms. The number of hydrogen-bond donors (Lipinski definition) is 2. The summed E-state index contributed by atoms with van der Waals surface area (Å²) < 4.78 is 45.4. The standard InChI is InChI=1S/C29H37F3N6O3/c1-18(2)22-14-23(24(39)15-25(22)41-5)26-34-35-27(28(40)33-17-29(30,31)32)38(26)21-8-6-20(7-9-21)16-36-10-12-37(13-11-36)19(3)4/h6-9,14-15,18-19,39H,10-13,16-17H2,1-5H3,(H,33,40). The first kappa shape index (κ1) is 30.3. The maximum Gasteiger partial charge on any atom is 0.405 e. The molecule has 2 N–H and O–H groups in total. The topological polar surface area (TPSA) is 95.8 Å². The second kappa shape index (κ2) is 12.5. The first-order valence-corrected chi connectivity index (χ1v) is 13.6. The zero-order valence-corrected chi connectivity index (χ0v) is 24.0. The zero-order chi connectivity index (χ0) is 29.9. The van der Waals surface area contributed by atoms with E-state index >= 15 is 0 Å². The molecule has 41 heavy (non-hydrogen) atoms. The second-order valence-electron chi connectivity index (χ2n) is 10.8. The smallest absolute Gasteiger partial charge is 0.405 e. The van der Waals surface area contributed by atoms with Gasteiger partial charge in [-0.2, -0.15) is 13.2 Å². The fourth-order valence-electron chi connectivity index (χ4n) is 4.95. The highest BCUT2D eigenvalue weighted by Gasteiger charge is 2.30. The highest BCUT2D eigenvalue weighted by molar-refractivity contribution is 5.92. The van der Waals surface area contributed by atoms with Gasteiger partial charge in [-0.25, -0.2) is 0 Å². The molecule has 12 heteroatoms. The van der Waals surface area contributed by atoms with Crippen molar-refractivity contribution in [3.63, 3.8) is 0 Å². The molecule has 1 aliphatic rings. The number of ether oxygens (including phenoxy) is 1. The summed E-state index contributed by atoms with van der Waals surface area (Å²) in [6, 6.07) is 11.0. The lowest BCUT2D eigenvalue weighted by Gasteiger charge is -2.36. The van der Waals surface area contributed by atoms with E-state index in [-0.39, 0.29) is 28.9 Å². The lowest BCUT2D eigenvalue weighted by Crippen LogP contribution is -2.48. The van der Waals surface area contributed by atoms with E-state index < -0.39 is 18.6 Å². The van der Waals surface area contributed by atoms with E-state index in [0.29, 0.717) is 17.5 Å². The van der Waals surface area contributed by atoms with Gasteiger partial charge >= 0.3 is 6.18 Å². The monoisotopic (exact) mass is 574 g/mol. The second-order valence-corrected chi connectivity index (χ2v) is 10.8. The Labute approximate surface area is 237 Å². The Morgan fingerprint density at radius 1 is 1.05 bits per heavy atom. The van der Waals surface area contributed by atoms with Crippen LogP contribution < -0.4 is 10.1 Å². The van der Waals surface area contributed by atoms with Crippen molar-refractivity contribution in [2.45, 2.75) is 52.4 Å². The van der Waals surface area contributed by atoms with E-state index in [2.05, 4.69) is 33.8 Å². The molecule has 9 nitrogen and oxygen atoms in total. The molecule has 0 radical (unpaired) electrons. The number of nitrogens with one attached hydrogen (secondary N) is 1. The third-order valence-electron chi connectivity index (χ3n) is 7.26. The predicted molar refractivity (Wildman–Crippen MR) is 149 cm³/mol. The maximum absolute atomic E-state index is 12.9. The average Bonchev–Trinajstić information content (AvgIpc) is 3.36. The molecule has 222 valence electrons. The summed E-state index contributed by atoms with van der Waals surface area (Å²) in [5.74, 6) is -0.916. The van der Waals surface area contributed by atoms with Gasteiger partial charge in [-0.3, -0.25) is 19.2 Å². The molecule has 1 saturated heterocycles. The van der Waals surface area contributed by atoms with Gasteiger partial charge in [0.05, 0.1) is 12.7 Å². The Kier molecular flexibility index (Phi) is 9.23. The van der Waals surface area contributed by atoms with E-state index in [1.54, 1.807) is 18.2 Å². The molecule has 2 heterocycles. The van der Waals surface area contributed by atoms with E-state index in [1.165, 1.54) is 17.7 Å². The van der Waals surface area contributed by atoms with Gasteiger partial charge in [0.1, 0.15) is 18.0 Å². The van der Waals surface area contributed by atoms with Crippen molar-refractivity contribution in [2.24, 2.45) is 0 Å². The van der Waals surface area contributed by atoms with Crippen LogP contribution in [-0.2, 0) is 6.54 Å². The van der Waals surface area contributed by atoms with Crippen LogP contribution in [0.4, 0.5) is 13.2 Å². The highest BCUT2D eigenvalue weighted by Crippen LogP contribution is 2.38. The van der Waals surface area contributed by atoms with Gasteiger partial charge in [-0.1, -0.05) is 26.0 Å². The van der Waals surface area contributed by atoms with Crippen LogP contribution in [-0.4, -0.2) is 87.6 Å². The van der Waals surface area contributed by atoms with Gasteiger partial charge in [-0.15, -0.1) is 10.2 Å².